The zero-order valence-corrected chi connectivity index (χ0v) is 11.5. The van der Waals surface area contributed by atoms with E-state index in [9.17, 15) is 0 Å². The second kappa shape index (κ2) is 4.62. The molecular weight excluding hydrogens is 204 g/mol. The molecule has 0 fully saturated rings. The van der Waals surface area contributed by atoms with Gasteiger partial charge in [0.25, 0.3) is 0 Å². The highest BCUT2D eigenvalue weighted by Crippen LogP contribution is 2.21. The van der Waals surface area contributed by atoms with Gasteiger partial charge in [-0.3, -0.25) is 0 Å². The molecule has 3 heteroatoms. The van der Waals surface area contributed by atoms with Gasteiger partial charge in [0, 0.05) is 17.5 Å². The Bertz CT molecular complexity index is 323. The van der Waals surface area contributed by atoms with Crippen LogP contribution in [0.25, 0.3) is 0 Å². The maximum atomic E-state index is 4.43. The molecule has 0 spiro atoms. The van der Waals surface area contributed by atoms with Crippen molar-refractivity contribution in [3.05, 3.63) is 15.6 Å². The summed E-state index contributed by atoms with van der Waals surface area (Å²) >= 11 is 1.79. The number of rotatable bonds is 3. The van der Waals surface area contributed by atoms with Crippen molar-refractivity contribution in [2.45, 2.75) is 54.1 Å². The van der Waals surface area contributed by atoms with Crippen molar-refractivity contribution in [3.8, 4) is 0 Å². The molecule has 15 heavy (non-hydrogen) atoms. The molecule has 0 saturated carbocycles. The van der Waals surface area contributed by atoms with Crippen LogP contribution in [0, 0.1) is 19.3 Å². The highest BCUT2D eigenvalue weighted by atomic mass is 32.1. The third kappa shape index (κ3) is 3.58. The first kappa shape index (κ1) is 12.7. The Morgan fingerprint density at radius 2 is 1.93 bits per heavy atom. The van der Waals surface area contributed by atoms with Crippen molar-refractivity contribution in [3.63, 3.8) is 0 Å². The third-order valence-electron chi connectivity index (χ3n) is 2.87. The van der Waals surface area contributed by atoms with Crippen LogP contribution >= 0.6 is 11.3 Å². The quantitative estimate of drug-likeness (QED) is 0.855. The maximum absolute atomic E-state index is 4.43. The van der Waals surface area contributed by atoms with Crippen LogP contribution in [0.5, 0.6) is 0 Å². The lowest BCUT2D eigenvalue weighted by Crippen LogP contribution is -2.37. The first-order chi connectivity index (χ1) is 6.80. The van der Waals surface area contributed by atoms with Crippen LogP contribution in [-0.4, -0.2) is 11.0 Å². The fourth-order valence-corrected chi connectivity index (χ4v) is 2.18. The van der Waals surface area contributed by atoms with E-state index in [-0.39, 0.29) is 0 Å². The van der Waals surface area contributed by atoms with E-state index in [4.69, 9.17) is 0 Å². The Labute approximate surface area is 97.1 Å². The molecule has 0 bridgehead atoms. The topological polar surface area (TPSA) is 24.9 Å². The lowest BCUT2D eigenvalue weighted by Gasteiger charge is -2.28. The number of nitrogens with one attached hydrogen (secondary N) is 1. The Morgan fingerprint density at radius 1 is 1.33 bits per heavy atom. The molecule has 1 rings (SSSR count). The molecule has 0 aliphatic rings. The Kier molecular flexibility index (Phi) is 3.90. The molecule has 86 valence electrons. The van der Waals surface area contributed by atoms with Gasteiger partial charge in [0.1, 0.15) is 0 Å². The molecule has 0 aliphatic heterocycles. The fourth-order valence-electron chi connectivity index (χ4n) is 1.29. The van der Waals surface area contributed by atoms with Crippen molar-refractivity contribution < 1.29 is 0 Å². The Morgan fingerprint density at radius 3 is 2.33 bits per heavy atom. The third-order valence-corrected chi connectivity index (χ3v) is 3.94. The maximum Gasteiger partial charge on any atom is 0.0900 e. The van der Waals surface area contributed by atoms with Gasteiger partial charge in [0.15, 0.2) is 0 Å². The van der Waals surface area contributed by atoms with Crippen LogP contribution in [0.4, 0.5) is 0 Å². The first-order valence-corrected chi connectivity index (χ1v) is 6.28. The van der Waals surface area contributed by atoms with Crippen LogP contribution in [-0.2, 0) is 6.54 Å². The highest BCUT2D eigenvalue weighted by Gasteiger charge is 2.19. The van der Waals surface area contributed by atoms with E-state index >= 15 is 0 Å². The van der Waals surface area contributed by atoms with E-state index in [1.165, 1.54) is 10.6 Å². The largest absolute Gasteiger partial charge is 0.309 e. The number of aryl methyl sites for hydroxylation is 2. The molecule has 2 nitrogen and oxygen atoms in total. The second-order valence-corrected chi connectivity index (χ2v) is 6.50. The molecule has 0 radical (unpaired) electrons. The number of nitrogens with zero attached hydrogens (tertiary/aromatic N) is 1. The number of hydrogen-bond acceptors (Lipinski definition) is 3. The van der Waals surface area contributed by atoms with Gasteiger partial charge < -0.3 is 5.32 Å². The highest BCUT2D eigenvalue weighted by molar-refractivity contribution is 7.11. The fraction of sp³-hybridized carbons (Fsp3) is 0.750. The van der Waals surface area contributed by atoms with Crippen molar-refractivity contribution in [1.82, 2.24) is 10.3 Å². The minimum Gasteiger partial charge on any atom is -0.309 e. The summed E-state index contributed by atoms with van der Waals surface area (Å²) in [5.74, 6) is 0. The van der Waals surface area contributed by atoms with Crippen molar-refractivity contribution >= 4 is 11.3 Å². The van der Waals surface area contributed by atoms with E-state index in [1.54, 1.807) is 11.3 Å². The molecule has 1 unspecified atom stereocenters. The molecule has 0 aliphatic carbocycles. The van der Waals surface area contributed by atoms with Gasteiger partial charge in [-0.05, 0) is 26.2 Å². The molecular formula is C12H22N2S. The van der Waals surface area contributed by atoms with Crippen LogP contribution in [0.2, 0.25) is 0 Å². The van der Waals surface area contributed by atoms with Gasteiger partial charge in [0.05, 0.1) is 10.7 Å². The van der Waals surface area contributed by atoms with Gasteiger partial charge >= 0.3 is 0 Å². The summed E-state index contributed by atoms with van der Waals surface area (Å²) in [7, 11) is 0. The van der Waals surface area contributed by atoms with Gasteiger partial charge in [0.2, 0.25) is 0 Å². The molecule has 1 aromatic heterocycles. The number of thiazole rings is 1. The van der Waals surface area contributed by atoms with E-state index in [2.05, 4.69) is 51.8 Å². The first-order valence-electron chi connectivity index (χ1n) is 5.47. The van der Waals surface area contributed by atoms with E-state index in [1.807, 2.05) is 0 Å². The predicted molar refractivity (Wildman–Crippen MR) is 67.3 cm³/mol. The molecule has 0 aromatic carbocycles. The zero-order valence-electron chi connectivity index (χ0n) is 10.6. The predicted octanol–water partition coefficient (Wildman–Crippen LogP) is 3.28. The Hall–Kier alpha value is -0.410. The van der Waals surface area contributed by atoms with Crippen LogP contribution < -0.4 is 5.32 Å². The lowest BCUT2D eigenvalue weighted by molar-refractivity contribution is 0.285. The van der Waals surface area contributed by atoms with E-state index < -0.39 is 0 Å². The average molecular weight is 226 g/mol. The van der Waals surface area contributed by atoms with Crippen LogP contribution in [0.3, 0.4) is 0 Å². The summed E-state index contributed by atoms with van der Waals surface area (Å²) in [6.45, 7) is 14.1. The molecule has 1 aromatic rings. The minimum atomic E-state index is 0.313. The zero-order chi connectivity index (χ0) is 11.6. The lowest BCUT2D eigenvalue weighted by atomic mass is 9.88. The monoisotopic (exact) mass is 226 g/mol. The number of hydrogen-bond donors (Lipinski definition) is 1. The summed E-state index contributed by atoms with van der Waals surface area (Å²) in [4.78, 5) is 5.79. The molecule has 1 atom stereocenters. The van der Waals surface area contributed by atoms with Crippen molar-refractivity contribution in [2.24, 2.45) is 5.41 Å². The van der Waals surface area contributed by atoms with Gasteiger partial charge in [-0.25, -0.2) is 4.98 Å². The average Bonchev–Trinajstić information content (AvgIpc) is 2.39. The van der Waals surface area contributed by atoms with E-state index in [0.29, 0.717) is 11.5 Å². The summed E-state index contributed by atoms with van der Waals surface area (Å²) in [6.07, 6.45) is 0. The van der Waals surface area contributed by atoms with Crippen molar-refractivity contribution in [2.75, 3.05) is 0 Å². The summed E-state index contributed by atoms with van der Waals surface area (Å²) in [6, 6.07) is 0.513. The molecule has 0 amide bonds. The second-order valence-electron chi connectivity index (χ2n) is 5.21. The Balaban J connectivity index is 2.54. The molecule has 1 heterocycles. The summed E-state index contributed by atoms with van der Waals surface area (Å²) in [5, 5.41) is 4.72. The SMILES string of the molecule is Cc1nc(C)c(CNC(C)C(C)(C)C)s1. The smallest absolute Gasteiger partial charge is 0.0900 e. The minimum absolute atomic E-state index is 0.313. The van der Waals surface area contributed by atoms with Crippen LogP contribution in [0.15, 0.2) is 0 Å². The standard InChI is InChI=1S/C12H22N2S/c1-8-11(15-10(3)14-8)7-13-9(2)12(4,5)6/h9,13H,7H2,1-6H3. The van der Waals surface area contributed by atoms with Crippen LogP contribution in [0.1, 0.15) is 43.3 Å². The van der Waals surface area contributed by atoms with E-state index in [0.717, 1.165) is 11.6 Å². The van der Waals surface area contributed by atoms with Crippen molar-refractivity contribution in [1.29, 1.82) is 0 Å². The van der Waals surface area contributed by atoms with Gasteiger partial charge in [-0.2, -0.15) is 0 Å². The van der Waals surface area contributed by atoms with Gasteiger partial charge in [-0.15, -0.1) is 11.3 Å². The summed E-state index contributed by atoms with van der Waals surface area (Å²) < 4.78 is 0. The number of aromatic nitrogens is 1. The summed E-state index contributed by atoms with van der Waals surface area (Å²) in [5.41, 5.74) is 1.49. The molecule has 1 N–H and O–H groups in total. The van der Waals surface area contributed by atoms with Gasteiger partial charge in [-0.1, -0.05) is 20.8 Å². The molecule has 0 saturated heterocycles. The normalized spacial score (nSPS) is 14.3.